The molecule has 1 unspecified atom stereocenters. The lowest BCUT2D eigenvalue weighted by Crippen LogP contribution is -2.29. The highest BCUT2D eigenvalue weighted by Gasteiger charge is 2.22. The first kappa shape index (κ1) is 21.5. The molecule has 1 atom stereocenters. The van der Waals surface area contributed by atoms with E-state index in [1.165, 1.54) is 0 Å². The SMILES string of the molecule is O=C(O)C(Cc1cc(Cl)ccc1Oc1ccccc1)Oc1ccc(-c2ccccc2)cc1. The molecule has 1 N–H and O–H groups in total. The van der Waals surface area contributed by atoms with Gasteiger partial charge in [0.2, 0.25) is 0 Å². The fourth-order valence-electron chi connectivity index (χ4n) is 3.32. The topological polar surface area (TPSA) is 55.8 Å². The van der Waals surface area contributed by atoms with Crippen molar-refractivity contribution in [3.8, 4) is 28.4 Å². The van der Waals surface area contributed by atoms with Crippen molar-refractivity contribution >= 4 is 17.6 Å². The molecule has 4 aromatic rings. The van der Waals surface area contributed by atoms with Crippen LogP contribution in [0.15, 0.2) is 103 Å². The average Bonchev–Trinajstić information content (AvgIpc) is 2.82. The Balaban J connectivity index is 1.53. The van der Waals surface area contributed by atoms with Crippen molar-refractivity contribution < 1.29 is 19.4 Å². The van der Waals surface area contributed by atoms with Crippen molar-refractivity contribution in [2.45, 2.75) is 12.5 Å². The molecular formula is C27H21ClO4. The highest BCUT2D eigenvalue weighted by Crippen LogP contribution is 2.30. The van der Waals surface area contributed by atoms with E-state index in [1.54, 1.807) is 30.3 Å². The van der Waals surface area contributed by atoms with Gasteiger partial charge < -0.3 is 14.6 Å². The van der Waals surface area contributed by atoms with E-state index in [9.17, 15) is 9.90 Å². The summed E-state index contributed by atoms with van der Waals surface area (Å²) < 4.78 is 11.8. The molecule has 160 valence electrons. The van der Waals surface area contributed by atoms with Crippen molar-refractivity contribution in [1.82, 2.24) is 0 Å². The van der Waals surface area contributed by atoms with E-state index in [0.717, 1.165) is 11.1 Å². The number of ether oxygens (including phenoxy) is 2. The van der Waals surface area contributed by atoms with Crippen molar-refractivity contribution in [1.29, 1.82) is 0 Å². The van der Waals surface area contributed by atoms with E-state index in [2.05, 4.69) is 0 Å². The van der Waals surface area contributed by atoms with Crippen LogP contribution >= 0.6 is 11.6 Å². The van der Waals surface area contributed by atoms with Gasteiger partial charge in [0, 0.05) is 17.0 Å². The second-order valence-corrected chi connectivity index (χ2v) is 7.64. The van der Waals surface area contributed by atoms with Crippen LogP contribution in [-0.2, 0) is 11.2 Å². The third-order valence-electron chi connectivity index (χ3n) is 4.91. The summed E-state index contributed by atoms with van der Waals surface area (Å²) in [6.45, 7) is 0. The van der Waals surface area contributed by atoms with Gasteiger partial charge >= 0.3 is 5.97 Å². The lowest BCUT2D eigenvalue weighted by molar-refractivity contribution is -0.145. The highest BCUT2D eigenvalue weighted by molar-refractivity contribution is 6.30. The highest BCUT2D eigenvalue weighted by atomic mass is 35.5. The van der Waals surface area contributed by atoms with Gasteiger partial charge in [-0.25, -0.2) is 4.79 Å². The number of halogens is 1. The second kappa shape index (κ2) is 10.0. The predicted octanol–water partition coefficient (Wildman–Crippen LogP) is 6.87. The summed E-state index contributed by atoms with van der Waals surface area (Å²) in [5.74, 6) is 0.600. The normalized spacial score (nSPS) is 11.5. The van der Waals surface area contributed by atoms with Crippen LogP contribution in [0.4, 0.5) is 0 Å². The standard InChI is InChI=1S/C27H21ClO4/c28-22-13-16-25(31-23-9-5-2-6-10-23)21(17-22)18-26(27(29)30)32-24-14-11-20(12-15-24)19-7-3-1-4-8-19/h1-17,26H,18H2,(H,29,30). The smallest absolute Gasteiger partial charge is 0.345 e. The molecular weight excluding hydrogens is 424 g/mol. The minimum Gasteiger partial charge on any atom is -0.478 e. The number of carboxylic acids is 1. The quantitative estimate of drug-likeness (QED) is 0.322. The lowest BCUT2D eigenvalue weighted by Gasteiger charge is -2.18. The van der Waals surface area contributed by atoms with E-state index in [1.807, 2.05) is 72.8 Å². The average molecular weight is 445 g/mol. The summed E-state index contributed by atoms with van der Waals surface area (Å²) in [6.07, 6.45) is -1.01. The summed E-state index contributed by atoms with van der Waals surface area (Å²) in [5.41, 5.74) is 2.75. The van der Waals surface area contributed by atoms with Gasteiger partial charge in [-0.3, -0.25) is 0 Å². The van der Waals surface area contributed by atoms with Gasteiger partial charge in [-0.2, -0.15) is 0 Å². The van der Waals surface area contributed by atoms with Crippen LogP contribution in [0.1, 0.15) is 5.56 Å². The van der Waals surface area contributed by atoms with Gasteiger partial charge in [0.15, 0.2) is 6.10 Å². The molecule has 0 fully saturated rings. The summed E-state index contributed by atoms with van der Waals surface area (Å²) in [7, 11) is 0. The third kappa shape index (κ3) is 5.48. The Hall–Kier alpha value is -3.76. The Bertz CT molecular complexity index is 1180. The predicted molar refractivity (Wildman–Crippen MR) is 126 cm³/mol. The van der Waals surface area contributed by atoms with Crippen LogP contribution in [0.25, 0.3) is 11.1 Å². The van der Waals surface area contributed by atoms with Crippen LogP contribution < -0.4 is 9.47 Å². The van der Waals surface area contributed by atoms with Gasteiger partial charge in [-0.05, 0) is 53.6 Å². The number of carbonyl (C=O) groups is 1. The first-order chi connectivity index (χ1) is 15.6. The van der Waals surface area contributed by atoms with Crippen LogP contribution in [0.5, 0.6) is 17.2 Å². The van der Waals surface area contributed by atoms with Crippen LogP contribution in [0.2, 0.25) is 5.02 Å². The van der Waals surface area contributed by atoms with Crippen molar-refractivity contribution in [2.75, 3.05) is 0 Å². The third-order valence-corrected chi connectivity index (χ3v) is 5.15. The minimum absolute atomic E-state index is 0.0957. The number of para-hydroxylation sites is 1. The monoisotopic (exact) mass is 444 g/mol. The summed E-state index contributed by atoms with van der Waals surface area (Å²) in [5, 5.41) is 10.3. The Morgan fingerprint density at radius 1 is 0.781 bits per heavy atom. The van der Waals surface area contributed by atoms with E-state index in [0.29, 0.717) is 27.8 Å². The van der Waals surface area contributed by atoms with Crippen LogP contribution in [-0.4, -0.2) is 17.2 Å². The summed E-state index contributed by atoms with van der Waals surface area (Å²) >= 11 is 6.17. The first-order valence-corrected chi connectivity index (χ1v) is 10.5. The lowest BCUT2D eigenvalue weighted by atomic mass is 10.1. The molecule has 4 rings (SSSR count). The number of aliphatic carboxylic acids is 1. The molecule has 32 heavy (non-hydrogen) atoms. The maximum absolute atomic E-state index is 12.0. The molecule has 0 aliphatic carbocycles. The fraction of sp³-hybridized carbons (Fsp3) is 0.0741. The summed E-state index contributed by atoms with van der Waals surface area (Å²) in [6, 6.07) is 31.8. The number of rotatable bonds is 8. The van der Waals surface area contributed by atoms with E-state index in [-0.39, 0.29) is 6.42 Å². The number of benzene rings is 4. The van der Waals surface area contributed by atoms with Gasteiger partial charge in [-0.1, -0.05) is 72.3 Å². The summed E-state index contributed by atoms with van der Waals surface area (Å²) in [4.78, 5) is 12.0. The molecule has 0 saturated heterocycles. The number of carboxylic acid groups (broad SMARTS) is 1. The largest absolute Gasteiger partial charge is 0.478 e. The molecule has 0 aliphatic heterocycles. The molecule has 0 spiro atoms. The second-order valence-electron chi connectivity index (χ2n) is 7.21. The zero-order chi connectivity index (χ0) is 22.3. The molecule has 4 nitrogen and oxygen atoms in total. The molecule has 0 amide bonds. The maximum atomic E-state index is 12.0. The van der Waals surface area contributed by atoms with E-state index >= 15 is 0 Å². The molecule has 0 aliphatic rings. The van der Waals surface area contributed by atoms with Gasteiger partial charge in [0.05, 0.1) is 0 Å². The van der Waals surface area contributed by atoms with Gasteiger partial charge in [0.1, 0.15) is 17.2 Å². The zero-order valence-corrected chi connectivity index (χ0v) is 17.9. The van der Waals surface area contributed by atoms with Gasteiger partial charge in [0.25, 0.3) is 0 Å². The molecule has 0 radical (unpaired) electrons. The minimum atomic E-state index is -1.10. The van der Waals surface area contributed by atoms with Crippen molar-refractivity contribution in [3.63, 3.8) is 0 Å². The number of hydrogen-bond donors (Lipinski definition) is 1. The van der Waals surface area contributed by atoms with E-state index in [4.69, 9.17) is 21.1 Å². The Labute approximate surface area is 191 Å². The number of hydrogen-bond acceptors (Lipinski definition) is 3. The van der Waals surface area contributed by atoms with Crippen molar-refractivity contribution in [3.05, 3.63) is 114 Å². The Morgan fingerprint density at radius 2 is 1.41 bits per heavy atom. The van der Waals surface area contributed by atoms with Crippen molar-refractivity contribution in [2.24, 2.45) is 0 Å². The Kier molecular flexibility index (Phi) is 6.73. The first-order valence-electron chi connectivity index (χ1n) is 10.1. The molecule has 5 heteroatoms. The Morgan fingerprint density at radius 3 is 2.06 bits per heavy atom. The fourth-order valence-corrected chi connectivity index (χ4v) is 3.52. The van der Waals surface area contributed by atoms with E-state index < -0.39 is 12.1 Å². The zero-order valence-electron chi connectivity index (χ0n) is 17.1. The van der Waals surface area contributed by atoms with Crippen LogP contribution in [0, 0.1) is 0 Å². The molecule has 0 saturated carbocycles. The molecule has 4 aromatic carbocycles. The molecule has 0 heterocycles. The van der Waals surface area contributed by atoms with Gasteiger partial charge in [-0.15, -0.1) is 0 Å². The molecule has 0 aromatic heterocycles. The van der Waals surface area contributed by atoms with Crippen LogP contribution in [0.3, 0.4) is 0 Å². The maximum Gasteiger partial charge on any atom is 0.345 e. The molecule has 0 bridgehead atoms.